The molecule has 0 saturated carbocycles. The molecule has 0 atom stereocenters. The molecule has 3 nitrogen and oxygen atoms in total. The standard InChI is InChI=1S/C12H13NO2/c14-7-1-2-9-3-5-11-10(8-9)4-6-12(15)13-11/h1-3,5,8,14H,4,6-7H2,(H,13,15). The van der Waals surface area contributed by atoms with Crippen LogP contribution in [0.2, 0.25) is 0 Å². The van der Waals surface area contributed by atoms with E-state index in [9.17, 15) is 4.79 Å². The van der Waals surface area contributed by atoms with Crippen LogP contribution in [0.15, 0.2) is 24.3 Å². The summed E-state index contributed by atoms with van der Waals surface area (Å²) >= 11 is 0. The van der Waals surface area contributed by atoms with Crippen molar-refractivity contribution in [2.75, 3.05) is 11.9 Å². The zero-order valence-electron chi connectivity index (χ0n) is 8.36. The molecular weight excluding hydrogens is 190 g/mol. The Balaban J connectivity index is 2.26. The Bertz CT molecular complexity index is 410. The van der Waals surface area contributed by atoms with E-state index in [-0.39, 0.29) is 12.5 Å². The number of hydrogen-bond donors (Lipinski definition) is 2. The van der Waals surface area contributed by atoms with Gasteiger partial charge in [0.15, 0.2) is 0 Å². The molecule has 0 saturated heterocycles. The van der Waals surface area contributed by atoms with Crippen LogP contribution in [-0.4, -0.2) is 17.6 Å². The van der Waals surface area contributed by atoms with Crippen molar-refractivity contribution in [3.8, 4) is 0 Å². The van der Waals surface area contributed by atoms with Crippen molar-refractivity contribution >= 4 is 17.7 Å². The minimum absolute atomic E-state index is 0.0494. The second kappa shape index (κ2) is 4.28. The highest BCUT2D eigenvalue weighted by molar-refractivity contribution is 5.94. The number of nitrogens with one attached hydrogen (secondary N) is 1. The first kappa shape index (κ1) is 9.93. The zero-order valence-corrected chi connectivity index (χ0v) is 8.36. The van der Waals surface area contributed by atoms with Gasteiger partial charge in [-0.1, -0.05) is 18.2 Å². The Kier molecular flexibility index (Phi) is 2.83. The minimum Gasteiger partial charge on any atom is -0.392 e. The molecule has 3 heteroatoms. The largest absolute Gasteiger partial charge is 0.392 e. The molecule has 1 aliphatic heterocycles. The molecule has 2 N–H and O–H groups in total. The highest BCUT2D eigenvalue weighted by atomic mass is 16.2. The number of benzene rings is 1. The third-order valence-corrected chi connectivity index (χ3v) is 2.44. The van der Waals surface area contributed by atoms with Crippen LogP contribution in [0.1, 0.15) is 17.5 Å². The molecule has 0 spiro atoms. The van der Waals surface area contributed by atoms with Gasteiger partial charge in [-0.2, -0.15) is 0 Å². The van der Waals surface area contributed by atoms with Crippen LogP contribution in [0.25, 0.3) is 6.08 Å². The van der Waals surface area contributed by atoms with Crippen molar-refractivity contribution in [1.82, 2.24) is 0 Å². The van der Waals surface area contributed by atoms with Gasteiger partial charge in [-0.25, -0.2) is 0 Å². The van der Waals surface area contributed by atoms with Gasteiger partial charge in [0, 0.05) is 12.1 Å². The van der Waals surface area contributed by atoms with E-state index in [0.717, 1.165) is 23.2 Å². The fourth-order valence-electron chi connectivity index (χ4n) is 1.70. The number of carbonyl (C=O) groups is 1. The first-order valence-electron chi connectivity index (χ1n) is 5.00. The first-order valence-corrected chi connectivity index (χ1v) is 5.00. The smallest absolute Gasteiger partial charge is 0.224 e. The lowest BCUT2D eigenvalue weighted by molar-refractivity contribution is -0.116. The molecule has 1 aromatic rings. The fraction of sp³-hybridized carbons (Fsp3) is 0.250. The average Bonchev–Trinajstić information content (AvgIpc) is 2.26. The third kappa shape index (κ3) is 2.25. The van der Waals surface area contributed by atoms with Crippen molar-refractivity contribution in [2.24, 2.45) is 0 Å². The molecule has 1 aliphatic rings. The molecule has 0 bridgehead atoms. The van der Waals surface area contributed by atoms with Crippen LogP contribution in [0.3, 0.4) is 0 Å². The molecule has 2 rings (SSSR count). The molecule has 15 heavy (non-hydrogen) atoms. The SMILES string of the molecule is O=C1CCc2cc(C=CCO)ccc2N1. The molecule has 1 heterocycles. The Morgan fingerprint density at radius 2 is 2.27 bits per heavy atom. The predicted molar refractivity (Wildman–Crippen MR) is 59.5 cm³/mol. The Morgan fingerprint density at radius 1 is 1.40 bits per heavy atom. The molecule has 0 aromatic heterocycles. The predicted octanol–water partition coefficient (Wildman–Crippen LogP) is 1.58. The summed E-state index contributed by atoms with van der Waals surface area (Å²) in [6.45, 7) is 0.0494. The number of aliphatic hydroxyl groups is 1. The van der Waals surface area contributed by atoms with Gasteiger partial charge in [-0.15, -0.1) is 0 Å². The molecular formula is C12H13NO2. The van der Waals surface area contributed by atoms with Gasteiger partial charge in [0.2, 0.25) is 5.91 Å². The lowest BCUT2D eigenvalue weighted by Crippen LogP contribution is -2.18. The molecule has 0 unspecified atom stereocenters. The maximum Gasteiger partial charge on any atom is 0.224 e. The third-order valence-electron chi connectivity index (χ3n) is 2.44. The second-order valence-electron chi connectivity index (χ2n) is 3.55. The van der Waals surface area contributed by atoms with Gasteiger partial charge >= 0.3 is 0 Å². The van der Waals surface area contributed by atoms with Crippen LogP contribution in [0.5, 0.6) is 0 Å². The Labute approximate surface area is 88.4 Å². The van der Waals surface area contributed by atoms with Gasteiger partial charge < -0.3 is 10.4 Å². The summed E-state index contributed by atoms with van der Waals surface area (Å²) < 4.78 is 0. The first-order chi connectivity index (χ1) is 7.29. The van der Waals surface area contributed by atoms with Crippen molar-refractivity contribution in [3.63, 3.8) is 0 Å². The maximum absolute atomic E-state index is 11.1. The number of aliphatic hydroxyl groups excluding tert-OH is 1. The van der Waals surface area contributed by atoms with Gasteiger partial charge in [0.1, 0.15) is 0 Å². The zero-order chi connectivity index (χ0) is 10.7. The van der Waals surface area contributed by atoms with Crippen molar-refractivity contribution in [3.05, 3.63) is 35.4 Å². The summed E-state index contributed by atoms with van der Waals surface area (Å²) in [6.07, 6.45) is 4.92. The van der Waals surface area contributed by atoms with E-state index in [4.69, 9.17) is 5.11 Å². The summed E-state index contributed by atoms with van der Waals surface area (Å²) in [5.41, 5.74) is 3.13. The average molecular weight is 203 g/mol. The van der Waals surface area contributed by atoms with Crippen LogP contribution in [0, 0.1) is 0 Å². The van der Waals surface area contributed by atoms with Gasteiger partial charge in [0.05, 0.1) is 6.61 Å². The summed E-state index contributed by atoms with van der Waals surface area (Å²) in [5.74, 6) is 0.0844. The molecule has 1 aromatic carbocycles. The summed E-state index contributed by atoms with van der Waals surface area (Å²) in [7, 11) is 0. The second-order valence-corrected chi connectivity index (χ2v) is 3.55. The monoisotopic (exact) mass is 203 g/mol. The lowest BCUT2D eigenvalue weighted by atomic mass is 10.0. The van der Waals surface area contributed by atoms with E-state index in [1.165, 1.54) is 0 Å². The van der Waals surface area contributed by atoms with E-state index in [2.05, 4.69) is 5.32 Å². The molecule has 0 fully saturated rings. The van der Waals surface area contributed by atoms with Crippen LogP contribution < -0.4 is 5.32 Å². The number of fused-ring (bicyclic) bond motifs is 1. The normalized spacial score (nSPS) is 15.1. The maximum atomic E-state index is 11.1. The van der Waals surface area contributed by atoms with Crippen molar-refractivity contribution in [1.29, 1.82) is 0 Å². The minimum atomic E-state index is 0.0494. The molecule has 0 radical (unpaired) electrons. The quantitative estimate of drug-likeness (QED) is 0.766. The van der Waals surface area contributed by atoms with Gasteiger partial charge in [-0.05, 0) is 29.7 Å². The number of carbonyl (C=O) groups excluding carboxylic acids is 1. The van der Waals surface area contributed by atoms with Gasteiger partial charge in [0.25, 0.3) is 0 Å². The molecule has 0 aliphatic carbocycles. The van der Waals surface area contributed by atoms with E-state index in [1.54, 1.807) is 6.08 Å². The highest BCUT2D eigenvalue weighted by Gasteiger charge is 2.13. The Hall–Kier alpha value is -1.61. The van der Waals surface area contributed by atoms with Gasteiger partial charge in [-0.3, -0.25) is 4.79 Å². The highest BCUT2D eigenvalue weighted by Crippen LogP contribution is 2.23. The molecule has 78 valence electrons. The number of hydrogen-bond acceptors (Lipinski definition) is 2. The summed E-state index contributed by atoms with van der Waals surface area (Å²) in [5, 5.41) is 11.5. The van der Waals surface area contributed by atoms with Crippen LogP contribution >= 0.6 is 0 Å². The van der Waals surface area contributed by atoms with E-state index < -0.39 is 0 Å². The van der Waals surface area contributed by atoms with Crippen LogP contribution in [0.4, 0.5) is 5.69 Å². The topological polar surface area (TPSA) is 49.3 Å². The number of aryl methyl sites for hydroxylation is 1. The number of rotatable bonds is 2. The fourth-order valence-corrected chi connectivity index (χ4v) is 1.70. The van der Waals surface area contributed by atoms with Crippen molar-refractivity contribution in [2.45, 2.75) is 12.8 Å². The lowest BCUT2D eigenvalue weighted by Gasteiger charge is -2.16. The van der Waals surface area contributed by atoms with E-state index in [1.807, 2.05) is 24.3 Å². The summed E-state index contributed by atoms with van der Waals surface area (Å²) in [4.78, 5) is 11.1. The van der Waals surface area contributed by atoms with Crippen molar-refractivity contribution < 1.29 is 9.90 Å². The summed E-state index contributed by atoms with van der Waals surface area (Å²) in [6, 6.07) is 5.88. The van der Waals surface area contributed by atoms with E-state index in [0.29, 0.717) is 6.42 Å². The molecule has 1 amide bonds. The number of amides is 1. The van der Waals surface area contributed by atoms with E-state index >= 15 is 0 Å². The Morgan fingerprint density at radius 3 is 3.07 bits per heavy atom. The number of anilines is 1. The van der Waals surface area contributed by atoms with Crippen LogP contribution in [-0.2, 0) is 11.2 Å².